The maximum Gasteiger partial charge on any atom is 0.246 e. The molecule has 4 heteroatoms. The lowest BCUT2D eigenvalue weighted by molar-refractivity contribution is -0.201. The SMILES string of the molecule is CCCN(OC(c1ccccc1)c1cccnc1)C(=O)CCC1CCCc2ccccc21. The number of hydrogen-bond acceptors (Lipinski definition) is 3. The van der Waals surface area contributed by atoms with Gasteiger partial charge in [-0.05, 0) is 60.8 Å². The molecular formula is C28H32N2O2. The maximum atomic E-state index is 13.3. The van der Waals surface area contributed by atoms with Gasteiger partial charge in [0.25, 0.3) is 0 Å². The quantitative estimate of drug-likeness (QED) is 0.379. The summed E-state index contributed by atoms with van der Waals surface area (Å²) in [7, 11) is 0. The Kier molecular flexibility index (Phi) is 7.68. The Bertz CT molecular complexity index is 951. The molecule has 1 aliphatic rings. The number of aromatic nitrogens is 1. The van der Waals surface area contributed by atoms with E-state index in [9.17, 15) is 4.79 Å². The smallest absolute Gasteiger partial charge is 0.246 e. The van der Waals surface area contributed by atoms with E-state index in [1.165, 1.54) is 17.5 Å². The fraction of sp³-hybridized carbons (Fsp3) is 0.357. The Labute approximate surface area is 191 Å². The van der Waals surface area contributed by atoms with E-state index in [0.717, 1.165) is 36.8 Å². The third-order valence-corrected chi connectivity index (χ3v) is 6.23. The largest absolute Gasteiger partial charge is 0.273 e. The molecule has 2 unspecified atom stereocenters. The van der Waals surface area contributed by atoms with Gasteiger partial charge in [-0.25, -0.2) is 5.06 Å². The summed E-state index contributed by atoms with van der Waals surface area (Å²) in [5.74, 6) is 0.510. The molecule has 0 saturated carbocycles. The van der Waals surface area contributed by atoms with Crippen molar-refractivity contribution < 1.29 is 9.63 Å². The minimum Gasteiger partial charge on any atom is -0.273 e. The number of amides is 1. The van der Waals surface area contributed by atoms with Crippen molar-refractivity contribution in [3.8, 4) is 0 Å². The molecule has 166 valence electrons. The molecule has 32 heavy (non-hydrogen) atoms. The van der Waals surface area contributed by atoms with E-state index < -0.39 is 0 Å². The molecular weight excluding hydrogens is 396 g/mol. The number of carbonyl (C=O) groups is 1. The van der Waals surface area contributed by atoms with Crippen molar-refractivity contribution in [2.75, 3.05) is 6.54 Å². The predicted molar refractivity (Wildman–Crippen MR) is 127 cm³/mol. The Hall–Kier alpha value is -2.98. The van der Waals surface area contributed by atoms with E-state index >= 15 is 0 Å². The fourth-order valence-electron chi connectivity index (χ4n) is 4.62. The number of carbonyl (C=O) groups excluding carboxylic acids is 1. The van der Waals surface area contributed by atoms with Crippen LogP contribution in [-0.4, -0.2) is 22.5 Å². The molecule has 1 heterocycles. The van der Waals surface area contributed by atoms with Crippen LogP contribution >= 0.6 is 0 Å². The number of aryl methyl sites for hydroxylation is 1. The molecule has 2 atom stereocenters. The van der Waals surface area contributed by atoms with Crippen molar-refractivity contribution in [2.45, 2.75) is 57.5 Å². The van der Waals surface area contributed by atoms with E-state index in [1.54, 1.807) is 11.3 Å². The van der Waals surface area contributed by atoms with Crippen LogP contribution in [0.25, 0.3) is 0 Å². The van der Waals surface area contributed by atoms with Gasteiger partial charge in [-0.3, -0.25) is 14.6 Å². The summed E-state index contributed by atoms with van der Waals surface area (Å²) in [6, 6.07) is 22.6. The van der Waals surface area contributed by atoms with Crippen molar-refractivity contribution in [1.82, 2.24) is 10.0 Å². The van der Waals surface area contributed by atoms with E-state index in [2.05, 4.69) is 36.2 Å². The van der Waals surface area contributed by atoms with Gasteiger partial charge in [-0.15, -0.1) is 0 Å². The van der Waals surface area contributed by atoms with Crippen LogP contribution in [0.4, 0.5) is 0 Å². The average Bonchev–Trinajstić information content (AvgIpc) is 2.86. The number of nitrogens with zero attached hydrogens (tertiary/aromatic N) is 2. The Balaban J connectivity index is 1.48. The first-order valence-electron chi connectivity index (χ1n) is 11.8. The molecule has 4 nitrogen and oxygen atoms in total. The molecule has 0 radical (unpaired) electrons. The third kappa shape index (κ3) is 5.43. The molecule has 0 spiro atoms. The second-order valence-electron chi connectivity index (χ2n) is 8.50. The van der Waals surface area contributed by atoms with Crippen LogP contribution in [0.5, 0.6) is 0 Å². The molecule has 1 aromatic heterocycles. The van der Waals surface area contributed by atoms with Crippen LogP contribution in [0.3, 0.4) is 0 Å². The van der Waals surface area contributed by atoms with E-state index in [0.29, 0.717) is 18.9 Å². The number of fused-ring (bicyclic) bond motifs is 1. The zero-order valence-corrected chi connectivity index (χ0v) is 18.8. The van der Waals surface area contributed by atoms with Gasteiger partial charge in [0.05, 0.1) is 0 Å². The van der Waals surface area contributed by atoms with Gasteiger partial charge >= 0.3 is 0 Å². The molecule has 1 amide bonds. The predicted octanol–water partition coefficient (Wildman–Crippen LogP) is 6.24. The minimum atomic E-state index is -0.365. The highest BCUT2D eigenvalue weighted by Crippen LogP contribution is 2.35. The van der Waals surface area contributed by atoms with Gasteiger partial charge < -0.3 is 0 Å². The van der Waals surface area contributed by atoms with Crippen molar-refractivity contribution in [3.05, 3.63) is 101 Å². The lowest BCUT2D eigenvalue weighted by atomic mass is 9.80. The molecule has 0 fully saturated rings. The van der Waals surface area contributed by atoms with Crippen LogP contribution in [0.15, 0.2) is 79.1 Å². The Morgan fingerprint density at radius 2 is 1.84 bits per heavy atom. The van der Waals surface area contributed by atoms with Gasteiger partial charge in [0.2, 0.25) is 5.91 Å². The standard InChI is InChI=1S/C28H32N2O2/c1-2-20-30(27(31)18-17-23-14-8-13-22-10-6-7-16-26(22)23)32-28(24-11-4-3-5-12-24)25-15-9-19-29-21-25/h3-7,9-12,15-16,19,21,23,28H,2,8,13-14,17-18,20H2,1H3. The van der Waals surface area contributed by atoms with Crippen molar-refractivity contribution in [2.24, 2.45) is 0 Å². The molecule has 4 rings (SSSR count). The first-order valence-corrected chi connectivity index (χ1v) is 11.8. The van der Waals surface area contributed by atoms with Gasteiger partial charge in [0.15, 0.2) is 0 Å². The van der Waals surface area contributed by atoms with Gasteiger partial charge in [0.1, 0.15) is 6.10 Å². The van der Waals surface area contributed by atoms with Gasteiger partial charge in [-0.1, -0.05) is 67.6 Å². The zero-order valence-electron chi connectivity index (χ0n) is 18.8. The summed E-state index contributed by atoms with van der Waals surface area (Å²) in [5.41, 5.74) is 4.81. The van der Waals surface area contributed by atoms with Gasteiger partial charge in [-0.2, -0.15) is 0 Å². The van der Waals surface area contributed by atoms with E-state index in [4.69, 9.17) is 4.84 Å². The van der Waals surface area contributed by atoms with Crippen molar-refractivity contribution in [1.29, 1.82) is 0 Å². The van der Waals surface area contributed by atoms with Crippen molar-refractivity contribution >= 4 is 5.91 Å². The zero-order chi connectivity index (χ0) is 22.2. The summed E-state index contributed by atoms with van der Waals surface area (Å²) in [6.45, 7) is 2.65. The highest BCUT2D eigenvalue weighted by Gasteiger charge is 2.25. The maximum absolute atomic E-state index is 13.3. The monoisotopic (exact) mass is 428 g/mol. The van der Waals surface area contributed by atoms with Crippen LogP contribution in [0.2, 0.25) is 0 Å². The van der Waals surface area contributed by atoms with Gasteiger partial charge in [0, 0.05) is 30.9 Å². The third-order valence-electron chi connectivity index (χ3n) is 6.23. The number of pyridine rings is 1. The lowest BCUT2D eigenvalue weighted by Crippen LogP contribution is -2.34. The highest BCUT2D eigenvalue weighted by atomic mass is 16.7. The summed E-state index contributed by atoms with van der Waals surface area (Å²) in [4.78, 5) is 23.9. The van der Waals surface area contributed by atoms with E-state index in [-0.39, 0.29) is 12.0 Å². The minimum absolute atomic E-state index is 0.0553. The number of hydrogen-bond donors (Lipinski definition) is 0. The summed E-state index contributed by atoms with van der Waals surface area (Å²) >= 11 is 0. The van der Waals surface area contributed by atoms with E-state index in [1.807, 2.05) is 48.7 Å². The molecule has 2 aromatic carbocycles. The first kappa shape index (κ1) is 22.2. The summed E-state index contributed by atoms with van der Waals surface area (Å²) < 4.78 is 0. The summed E-state index contributed by atoms with van der Waals surface area (Å²) in [5, 5.41) is 1.58. The molecule has 3 aromatic rings. The first-order chi connectivity index (χ1) is 15.8. The molecule has 1 aliphatic carbocycles. The average molecular weight is 429 g/mol. The lowest BCUT2D eigenvalue weighted by Gasteiger charge is -2.29. The second kappa shape index (κ2) is 11.1. The highest BCUT2D eigenvalue weighted by molar-refractivity contribution is 5.75. The van der Waals surface area contributed by atoms with Crippen LogP contribution in [0, 0.1) is 0 Å². The molecule has 0 saturated heterocycles. The fourth-order valence-corrected chi connectivity index (χ4v) is 4.62. The Morgan fingerprint density at radius 1 is 1.06 bits per heavy atom. The number of hydroxylamine groups is 2. The van der Waals surface area contributed by atoms with Crippen LogP contribution < -0.4 is 0 Å². The number of rotatable bonds is 9. The second-order valence-corrected chi connectivity index (χ2v) is 8.50. The topological polar surface area (TPSA) is 42.4 Å². The van der Waals surface area contributed by atoms with Crippen LogP contribution in [0.1, 0.15) is 73.3 Å². The van der Waals surface area contributed by atoms with Crippen LogP contribution in [-0.2, 0) is 16.1 Å². The van der Waals surface area contributed by atoms with Crippen molar-refractivity contribution in [3.63, 3.8) is 0 Å². The normalized spacial score (nSPS) is 16.2. The molecule has 0 aliphatic heterocycles. The number of benzene rings is 2. The summed E-state index contributed by atoms with van der Waals surface area (Å²) in [6.07, 6.45) is 8.89. The Morgan fingerprint density at radius 3 is 2.62 bits per heavy atom. The molecule has 0 bridgehead atoms. The molecule has 0 N–H and O–H groups in total.